The van der Waals surface area contributed by atoms with Crippen LogP contribution in [0.1, 0.15) is 65.2 Å². The quantitative estimate of drug-likeness (QED) is 0.568. The second-order valence-corrected chi connectivity index (χ2v) is 6.14. The number of ketones is 1. The van der Waals surface area contributed by atoms with E-state index < -0.39 is 5.60 Å². The van der Waals surface area contributed by atoms with Crippen LogP contribution in [0.25, 0.3) is 0 Å². The predicted molar refractivity (Wildman–Crippen MR) is 81.1 cm³/mol. The molecular weight excluding hydrogens is 248 g/mol. The summed E-state index contributed by atoms with van der Waals surface area (Å²) >= 11 is 0. The van der Waals surface area contributed by atoms with E-state index in [1.165, 1.54) is 0 Å². The predicted octanol–water partition coefficient (Wildman–Crippen LogP) is 3.64. The highest BCUT2D eigenvalue weighted by Gasteiger charge is 2.49. The first-order chi connectivity index (χ1) is 9.63. The van der Waals surface area contributed by atoms with E-state index in [4.69, 9.17) is 0 Å². The van der Waals surface area contributed by atoms with Crippen molar-refractivity contribution in [2.24, 2.45) is 11.8 Å². The molecule has 2 saturated carbocycles. The van der Waals surface area contributed by atoms with Gasteiger partial charge in [-0.2, -0.15) is 0 Å². The molecule has 2 rings (SSSR count). The number of carbonyl (C=O) groups excluding carboxylic acids is 1. The SMILES string of the molecule is CCCC#CC(O)(/C(=C/CCC)C(=O)C1CC1)C1CC1. The minimum atomic E-state index is -1.18. The smallest absolute Gasteiger partial charge is 0.165 e. The Morgan fingerprint density at radius 2 is 1.95 bits per heavy atom. The van der Waals surface area contributed by atoms with Crippen molar-refractivity contribution in [3.05, 3.63) is 11.6 Å². The number of carbonyl (C=O) groups is 1. The highest BCUT2D eigenvalue weighted by atomic mass is 16.3. The van der Waals surface area contributed by atoms with E-state index in [1.807, 2.05) is 6.08 Å². The van der Waals surface area contributed by atoms with Crippen molar-refractivity contribution in [2.75, 3.05) is 0 Å². The van der Waals surface area contributed by atoms with Crippen LogP contribution in [0.3, 0.4) is 0 Å². The van der Waals surface area contributed by atoms with Crippen molar-refractivity contribution in [3.63, 3.8) is 0 Å². The van der Waals surface area contributed by atoms with Crippen LogP contribution in [0.5, 0.6) is 0 Å². The fourth-order valence-electron chi connectivity index (χ4n) is 2.51. The van der Waals surface area contributed by atoms with Crippen molar-refractivity contribution < 1.29 is 9.90 Å². The van der Waals surface area contributed by atoms with E-state index in [0.717, 1.165) is 51.4 Å². The van der Waals surface area contributed by atoms with Gasteiger partial charge in [0.15, 0.2) is 11.4 Å². The summed E-state index contributed by atoms with van der Waals surface area (Å²) in [4.78, 5) is 12.5. The van der Waals surface area contributed by atoms with Crippen LogP contribution in [0.15, 0.2) is 11.6 Å². The second kappa shape index (κ2) is 6.59. The van der Waals surface area contributed by atoms with Crippen molar-refractivity contribution in [1.29, 1.82) is 0 Å². The number of unbranched alkanes of at least 4 members (excludes halogenated alkanes) is 2. The molecule has 110 valence electrons. The van der Waals surface area contributed by atoms with Crippen LogP contribution in [-0.4, -0.2) is 16.5 Å². The van der Waals surface area contributed by atoms with E-state index in [2.05, 4.69) is 25.7 Å². The molecule has 1 unspecified atom stereocenters. The van der Waals surface area contributed by atoms with Crippen LogP contribution in [0.2, 0.25) is 0 Å². The van der Waals surface area contributed by atoms with Gasteiger partial charge in [0.2, 0.25) is 0 Å². The maximum absolute atomic E-state index is 12.5. The molecule has 2 aliphatic carbocycles. The first kappa shape index (κ1) is 15.3. The number of Topliss-reactive ketones (excluding diaryl/α,β-unsaturated/α-hetero) is 1. The monoisotopic (exact) mass is 274 g/mol. The molecule has 0 amide bonds. The third-order valence-electron chi connectivity index (χ3n) is 4.08. The summed E-state index contributed by atoms with van der Waals surface area (Å²) in [5.74, 6) is 6.59. The van der Waals surface area contributed by atoms with Gasteiger partial charge in [-0.25, -0.2) is 0 Å². The summed E-state index contributed by atoms with van der Waals surface area (Å²) in [7, 11) is 0. The first-order valence-corrected chi connectivity index (χ1v) is 8.10. The lowest BCUT2D eigenvalue weighted by Crippen LogP contribution is -2.36. The van der Waals surface area contributed by atoms with Crippen LogP contribution in [0, 0.1) is 23.7 Å². The van der Waals surface area contributed by atoms with E-state index in [9.17, 15) is 9.90 Å². The number of hydrogen-bond donors (Lipinski definition) is 1. The van der Waals surface area contributed by atoms with Gasteiger partial charge in [0.25, 0.3) is 0 Å². The van der Waals surface area contributed by atoms with Gasteiger partial charge in [-0.1, -0.05) is 38.2 Å². The highest BCUT2D eigenvalue weighted by Crippen LogP contribution is 2.46. The Bertz CT molecular complexity index is 444. The maximum atomic E-state index is 12.5. The van der Waals surface area contributed by atoms with Gasteiger partial charge in [0.05, 0.1) is 0 Å². The molecule has 2 heteroatoms. The fourth-order valence-corrected chi connectivity index (χ4v) is 2.51. The average Bonchev–Trinajstić information content (AvgIpc) is 3.32. The Morgan fingerprint density at radius 3 is 2.45 bits per heavy atom. The standard InChI is InChI=1S/C18H26O2/c1-3-5-7-13-18(20,15-11-12-15)16(8-6-4-2)17(19)14-9-10-14/h8,14-15,20H,3-6,9-12H2,1-2H3/b16-8+. The van der Waals surface area contributed by atoms with Gasteiger partial charge >= 0.3 is 0 Å². The Labute approximate surface area is 122 Å². The molecule has 0 aromatic rings. The highest BCUT2D eigenvalue weighted by molar-refractivity contribution is 6.01. The number of hydrogen-bond acceptors (Lipinski definition) is 2. The molecule has 2 fully saturated rings. The van der Waals surface area contributed by atoms with Gasteiger partial charge in [-0.05, 0) is 38.5 Å². The lowest BCUT2D eigenvalue weighted by atomic mass is 9.84. The Kier molecular flexibility index (Phi) is 5.05. The Morgan fingerprint density at radius 1 is 1.25 bits per heavy atom. The summed E-state index contributed by atoms with van der Waals surface area (Å²) in [5, 5.41) is 11.0. The lowest BCUT2D eigenvalue weighted by Gasteiger charge is -2.25. The molecule has 0 aromatic heterocycles. The van der Waals surface area contributed by atoms with Gasteiger partial charge in [-0.15, -0.1) is 0 Å². The van der Waals surface area contributed by atoms with E-state index in [1.54, 1.807) is 0 Å². The largest absolute Gasteiger partial charge is 0.373 e. The molecule has 0 radical (unpaired) electrons. The molecule has 0 saturated heterocycles. The average molecular weight is 274 g/mol. The molecule has 1 N–H and O–H groups in total. The van der Waals surface area contributed by atoms with Crippen molar-refractivity contribution in [1.82, 2.24) is 0 Å². The molecule has 2 aliphatic rings. The molecular formula is C18H26O2. The van der Waals surface area contributed by atoms with Crippen LogP contribution >= 0.6 is 0 Å². The minimum Gasteiger partial charge on any atom is -0.373 e. The van der Waals surface area contributed by atoms with Crippen LogP contribution in [-0.2, 0) is 4.79 Å². The van der Waals surface area contributed by atoms with E-state index in [0.29, 0.717) is 5.57 Å². The zero-order chi connectivity index (χ0) is 14.6. The van der Waals surface area contributed by atoms with Gasteiger partial charge in [0.1, 0.15) is 0 Å². The number of aliphatic hydroxyl groups is 1. The fraction of sp³-hybridized carbons (Fsp3) is 0.722. The summed E-state index contributed by atoms with van der Waals surface area (Å²) in [5.41, 5.74) is -0.572. The van der Waals surface area contributed by atoms with E-state index >= 15 is 0 Å². The summed E-state index contributed by atoms with van der Waals surface area (Å²) in [6.07, 6.45) is 9.49. The molecule has 1 atom stereocenters. The first-order valence-electron chi connectivity index (χ1n) is 8.10. The molecule has 0 spiro atoms. The molecule has 20 heavy (non-hydrogen) atoms. The van der Waals surface area contributed by atoms with E-state index in [-0.39, 0.29) is 17.6 Å². The molecule has 0 aromatic carbocycles. The topological polar surface area (TPSA) is 37.3 Å². The van der Waals surface area contributed by atoms with Crippen molar-refractivity contribution >= 4 is 5.78 Å². The minimum absolute atomic E-state index is 0.149. The Hall–Kier alpha value is -1.07. The van der Waals surface area contributed by atoms with Crippen LogP contribution < -0.4 is 0 Å². The van der Waals surface area contributed by atoms with Crippen molar-refractivity contribution in [3.8, 4) is 11.8 Å². The number of allylic oxidation sites excluding steroid dienone is 1. The third kappa shape index (κ3) is 3.52. The molecule has 0 heterocycles. The number of rotatable bonds is 7. The van der Waals surface area contributed by atoms with Gasteiger partial charge in [-0.3, -0.25) is 4.79 Å². The van der Waals surface area contributed by atoms with Crippen LogP contribution in [0.4, 0.5) is 0 Å². The Balaban J connectivity index is 2.26. The zero-order valence-corrected chi connectivity index (χ0v) is 12.7. The maximum Gasteiger partial charge on any atom is 0.165 e. The lowest BCUT2D eigenvalue weighted by molar-refractivity contribution is -0.118. The molecule has 2 nitrogen and oxygen atoms in total. The zero-order valence-electron chi connectivity index (χ0n) is 12.7. The normalized spacial score (nSPS) is 21.9. The summed E-state index contributed by atoms with van der Waals surface area (Å²) in [6, 6.07) is 0. The molecule has 0 aliphatic heterocycles. The van der Waals surface area contributed by atoms with Crippen molar-refractivity contribution in [2.45, 2.75) is 70.8 Å². The molecule has 0 bridgehead atoms. The summed E-state index contributed by atoms with van der Waals surface area (Å²) < 4.78 is 0. The third-order valence-corrected chi connectivity index (χ3v) is 4.08. The van der Waals surface area contributed by atoms with Gasteiger partial charge in [0, 0.05) is 23.8 Å². The summed E-state index contributed by atoms with van der Waals surface area (Å²) in [6.45, 7) is 4.17. The van der Waals surface area contributed by atoms with Gasteiger partial charge < -0.3 is 5.11 Å². The second-order valence-electron chi connectivity index (χ2n) is 6.14.